The van der Waals surface area contributed by atoms with Crippen LogP contribution in [-0.2, 0) is 9.59 Å². The SMILES string of the molecule is CC(Cl)C(=O)Nc1ccc(OCC(N)=O)cc1. The lowest BCUT2D eigenvalue weighted by molar-refractivity contribution is -0.120. The third-order valence-electron chi connectivity index (χ3n) is 1.86. The van der Waals surface area contributed by atoms with Gasteiger partial charge in [-0.05, 0) is 31.2 Å². The summed E-state index contributed by atoms with van der Waals surface area (Å²) in [6.45, 7) is 1.41. The van der Waals surface area contributed by atoms with Gasteiger partial charge in [-0.15, -0.1) is 11.6 Å². The van der Waals surface area contributed by atoms with Crippen molar-refractivity contribution in [2.45, 2.75) is 12.3 Å². The molecule has 0 saturated heterocycles. The Balaban J connectivity index is 2.56. The van der Waals surface area contributed by atoms with Crippen molar-refractivity contribution in [3.8, 4) is 5.75 Å². The van der Waals surface area contributed by atoms with E-state index in [1.807, 2.05) is 0 Å². The summed E-state index contributed by atoms with van der Waals surface area (Å²) in [6.07, 6.45) is 0. The van der Waals surface area contributed by atoms with Crippen LogP contribution in [0, 0.1) is 0 Å². The van der Waals surface area contributed by atoms with Gasteiger partial charge in [0.2, 0.25) is 5.91 Å². The quantitative estimate of drug-likeness (QED) is 0.775. The maximum atomic E-state index is 11.3. The van der Waals surface area contributed by atoms with Crippen molar-refractivity contribution in [1.82, 2.24) is 0 Å². The second kappa shape index (κ2) is 6.10. The van der Waals surface area contributed by atoms with Crippen LogP contribution in [0.25, 0.3) is 0 Å². The Morgan fingerprint density at radius 2 is 2.00 bits per heavy atom. The van der Waals surface area contributed by atoms with Gasteiger partial charge in [0.05, 0.1) is 0 Å². The zero-order chi connectivity index (χ0) is 12.8. The number of ether oxygens (including phenoxy) is 1. The average Bonchev–Trinajstić information content (AvgIpc) is 2.28. The fourth-order valence-corrected chi connectivity index (χ4v) is 1.09. The highest BCUT2D eigenvalue weighted by Crippen LogP contribution is 2.16. The summed E-state index contributed by atoms with van der Waals surface area (Å²) in [5.41, 5.74) is 5.54. The minimum Gasteiger partial charge on any atom is -0.484 e. The minimum absolute atomic E-state index is 0.176. The van der Waals surface area contributed by atoms with Gasteiger partial charge in [-0.3, -0.25) is 9.59 Å². The molecule has 0 aromatic heterocycles. The van der Waals surface area contributed by atoms with Crippen molar-refractivity contribution in [3.63, 3.8) is 0 Å². The van der Waals surface area contributed by atoms with Crippen LogP contribution in [-0.4, -0.2) is 23.8 Å². The molecule has 6 heteroatoms. The molecular weight excluding hydrogens is 244 g/mol. The van der Waals surface area contributed by atoms with E-state index in [9.17, 15) is 9.59 Å². The standard InChI is InChI=1S/C11H13ClN2O3/c1-7(12)11(16)14-8-2-4-9(5-3-8)17-6-10(13)15/h2-5,7H,6H2,1H3,(H2,13,15)(H,14,16). The highest BCUT2D eigenvalue weighted by molar-refractivity contribution is 6.32. The number of hydrogen-bond acceptors (Lipinski definition) is 3. The maximum absolute atomic E-state index is 11.3. The largest absolute Gasteiger partial charge is 0.484 e. The third kappa shape index (κ3) is 4.74. The molecule has 2 amide bonds. The van der Waals surface area contributed by atoms with Gasteiger partial charge in [0.25, 0.3) is 5.91 Å². The van der Waals surface area contributed by atoms with Gasteiger partial charge in [0.1, 0.15) is 11.1 Å². The Kier molecular flexibility index (Phi) is 4.78. The number of rotatable bonds is 5. The predicted octanol–water partition coefficient (Wildman–Crippen LogP) is 1.12. The van der Waals surface area contributed by atoms with Crippen molar-refractivity contribution in [2.75, 3.05) is 11.9 Å². The molecule has 3 N–H and O–H groups in total. The summed E-state index contributed by atoms with van der Waals surface area (Å²) in [5, 5.41) is 2.02. The van der Waals surface area contributed by atoms with Crippen LogP contribution < -0.4 is 15.8 Å². The second-order valence-electron chi connectivity index (χ2n) is 3.38. The van der Waals surface area contributed by atoms with Crippen LogP contribution in [0.15, 0.2) is 24.3 Å². The number of halogens is 1. The van der Waals surface area contributed by atoms with Crippen LogP contribution in [0.5, 0.6) is 5.75 Å². The van der Waals surface area contributed by atoms with Crippen LogP contribution in [0.3, 0.4) is 0 Å². The fraction of sp³-hybridized carbons (Fsp3) is 0.273. The summed E-state index contributed by atoms with van der Waals surface area (Å²) in [4.78, 5) is 21.8. The monoisotopic (exact) mass is 256 g/mol. The topological polar surface area (TPSA) is 81.4 Å². The van der Waals surface area contributed by atoms with Crippen molar-refractivity contribution in [3.05, 3.63) is 24.3 Å². The molecule has 0 aliphatic rings. The lowest BCUT2D eigenvalue weighted by Gasteiger charge is -2.08. The lowest BCUT2D eigenvalue weighted by Crippen LogP contribution is -2.20. The Bertz CT molecular complexity index is 404. The Hall–Kier alpha value is -1.75. The number of anilines is 1. The summed E-state index contributed by atoms with van der Waals surface area (Å²) in [5.74, 6) is -0.323. The molecule has 0 heterocycles. The first-order chi connectivity index (χ1) is 7.99. The molecule has 1 atom stereocenters. The molecule has 1 aromatic carbocycles. The van der Waals surface area contributed by atoms with Gasteiger partial charge in [0.15, 0.2) is 6.61 Å². The smallest absolute Gasteiger partial charge is 0.255 e. The van der Waals surface area contributed by atoms with Crippen LogP contribution in [0.4, 0.5) is 5.69 Å². The summed E-state index contributed by atoms with van der Waals surface area (Å²) >= 11 is 5.61. The Labute approximate surface area is 104 Å². The number of primary amides is 1. The number of hydrogen-bond donors (Lipinski definition) is 2. The van der Waals surface area contributed by atoms with E-state index in [-0.39, 0.29) is 12.5 Å². The molecule has 0 fully saturated rings. The molecular formula is C11H13ClN2O3. The number of alkyl halides is 1. The van der Waals surface area contributed by atoms with Crippen molar-refractivity contribution >= 4 is 29.1 Å². The Morgan fingerprint density at radius 3 is 2.47 bits per heavy atom. The number of nitrogens with two attached hydrogens (primary N) is 1. The van der Waals surface area contributed by atoms with E-state index >= 15 is 0 Å². The molecule has 0 aliphatic carbocycles. The zero-order valence-electron chi connectivity index (χ0n) is 9.27. The highest BCUT2D eigenvalue weighted by Gasteiger charge is 2.08. The van der Waals surface area contributed by atoms with Crippen LogP contribution in [0.2, 0.25) is 0 Å². The molecule has 0 bridgehead atoms. The van der Waals surface area contributed by atoms with Gasteiger partial charge in [-0.2, -0.15) is 0 Å². The van der Waals surface area contributed by atoms with E-state index in [1.54, 1.807) is 31.2 Å². The molecule has 0 aliphatic heterocycles. The van der Waals surface area contributed by atoms with E-state index in [1.165, 1.54) is 0 Å². The molecule has 5 nitrogen and oxygen atoms in total. The number of nitrogens with one attached hydrogen (secondary N) is 1. The Morgan fingerprint density at radius 1 is 1.41 bits per heavy atom. The van der Waals surface area contributed by atoms with Gasteiger partial charge in [0, 0.05) is 5.69 Å². The van der Waals surface area contributed by atoms with Gasteiger partial charge in [-0.25, -0.2) is 0 Å². The van der Waals surface area contributed by atoms with Crippen LogP contribution in [0.1, 0.15) is 6.92 Å². The van der Waals surface area contributed by atoms with Gasteiger partial charge < -0.3 is 15.8 Å². The number of benzene rings is 1. The molecule has 0 saturated carbocycles. The molecule has 1 unspecified atom stereocenters. The van der Waals surface area contributed by atoms with E-state index in [4.69, 9.17) is 22.1 Å². The molecule has 0 spiro atoms. The van der Waals surface area contributed by atoms with Gasteiger partial charge >= 0.3 is 0 Å². The normalized spacial score (nSPS) is 11.6. The lowest BCUT2D eigenvalue weighted by atomic mass is 10.3. The highest BCUT2D eigenvalue weighted by atomic mass is 35.5. The van der Waals surface area contributed by atoms with Crippen molar-refractivity contribution in [1.29, 1.82) is 0 Å². The predicted molar refractivity (Wildman–Crippen MR) is 65.1 cm³/mol. The molecule has 17 heavy (non-hydrogen) atoms. The first-order valence-electron chi connectivity index (χ1n) is 4.95. The summed E-state index contributed by atoms with van der Waals surface area (Å²) in [6, 6.07) is 6.54. The summed E-state index contributed by atoms with van der Waals surface area (Å²) in [7, 11) is 0. The van der Waals surface area contributed by atoms with E-state index in [2.05, 4.69) is 5.32 Å². The number of carbonyl (C=O) groups excluding carboxylic acids is 2. The van der Waals surface area contributed by atoms with Crippen LogP contribution >= 0.6 is 11.6 Å². The summed E-state index contributed by atoms with van der Waals surface area (Å²) < 4.78 is 5.06. The first-order valence-corrected chi connectivity index (χ1v) is 5.39. The second-order valence-corrected chi connectivity index (χ2v) is 4.04. The molecule has 1 aromatic rings. The van der Waals surface area contributed by atoms with E-state index in [0.29, 0.717) is 11.4 Å². The molecule has 0 radical (unpaired) electrons. The molecule has 92 valence electrons. The zero-order valence-corrected chi connectivity index (χ0v) is 10.0. The fourth-order valence-electron chi connectivity index (χ4n) is 1.03. The minimum atomic E-state index is -0.596. The van der Waals surface area contributed by atoms with Crippen molar-refractivity contribution < 1.29 is 14.3 Å². The van der Waals surface area contributed by atoms with Crippen molar-refractivity contribution in [2.24, 2.45) is 5.73 Å². The third-order valence-corrected chi connectivity index (χ3v) is 2.06. The number of carbonyl (C=O) groups is 2. The van der Waals surface area contributed by atoms with E-state index in [0.717, 1.165) is 0 Å². The average molecular weight is 257 g/mol. The van der Waals surface area contributed by atoms with E-state index < -0.39 is 11.3 Å². The first kappa shape index (κ1) is 13.3. The van der Waals surface area contributed by atoms with Gasteiger partial charge in [-0.1, -0.05) is 0 Å². The maximum Gasteiger partial charge on any atom is 0.255 e. The molecule has 1 rings (SSSR count). The number of amides is 2.